The second-order valence-electron chi connectivity index (χ2n) is 11.6. The molecule has 51 heavy (non-hydrogen) atoms. The Hall–Kier alpha value is -5.39. The number of rotatable bonds is 12. The molecule has 0 unspecified atom stereocenters. The van der Waals surface area contributed by atoms with Gasteiger partial charge >= 0.3 is 11.9 Å². The van der Waals surface area contributed by atoms with Crippen LogP contribution in [0.2, 0.25) is 5.02 Å². The maximum absolute atomic E-state index is 14.5. The predicted molar refractivity (Wildman–Crippen MR) is 196 cm³/mol. The van der Waals surface area contributed by atoms with Crippen molar-refractivity contribution >= 4 is 51.7 Å². The highest BCUT2D eigenvalue weighted by Gasteiger charge is 2.37. The zero-order valence-electron chi connectivity index (χ0n) is 28.4. The lowest BCUT2D eigenvalue weighted by Crippen LogP contribution is -2.40. The number of carboxylic acids is 1. The molecule has 0 fully saturated rings. The van der Waals surface area contributed by atoms with Gasteiger partial charge in [0, 0.05) is 5.56 Å². The first kappa shape index (κ1) is 35.4. The molecule has 0 spiro atoms. The molecule has 0 aliphatic carbocycles. The molecule has 6 rings (SSSR count). The summed E-state index contributed by atoms with van der Waals surface area (Å²) in [5, 5.41) is 11.3. The van der Waals surface area contributed by atoms with E-state index in [0.29, 0.717) is 61.6 Å². The van der Waals surface area contributed by atoms with Crippen LogP contribution in [0.3, 0.4) is 0 Å². The Morgan fingerprint density at radius 1 is 1.00 bits per heavy atom. The third-order valence-corrected chi connectivity index (χ3v) is 9.69. The van der Waals surface area contributed by atoms with E-state index in [9.17, 15) is 19.5 Å². The number of nitrogens with zero attached hydrogens (tertiary/aromatic N) is 2. The molecular weight excluding hydrogens is 692 g/mol. The van der Waals surface area contributed by atoms with Crippen molar-refractivity contribution in [1.82, 2.24) is 4.57 Å². The molecule has 262 valence electrons. The summed E-state index contributed by atoms with van der Waals surface area (Å²) in [6.07, 6.45) is 2.91. The molecular formula is C39H35ClN2O8S. The van der Waals surface area contributed by atoms with Crippen LogP contribution in [0.25, 0.3) is 16.8 Å². The number of benzene rings is 4. The number of fused-ring (bicyclic) bond motifs is 2. The van der Waals surface area contributed by atoms with Gasteiger partial charge in [0.2, 0.25) is 0 Å². The maximum Gasteiger partial charge on any atom is 0.338 e. The van der Waals surface area contributed by atoms with Crippen molar-refractivity contribution in [1.29, 1.82) is 0 Å². The summed E-state index contributed by atoms with van der Waals surface area (Å²) in [7, 11) is 3.04. The Kier molecular flexibility index (Phi) is 10.6. The van der Waals surface area contributed by atoms with Gasteiger partial charge < -0.3 is 24.1 Å². The highest BCUT2D eigenvalue weighted by atomic mass is 35.5. The topological polar surface area (TPSA) is 126 Å². The molecule has 12 heteroatoms. The average molecular weight is 727 g/mol. The minimum absolute atomic E-state index is 0.0513. The van der Waals surface area contributed by atoms with Crippen molar-refractivity contribution in [2.45, 2.75) is 39.3 Å². The number of aromatic carboxylic acids is 1. The maximum atomic E-state index is 14.5. The number of halogens is 1. The molecule has 0 bridgehead atoms. The fraction of sp³-hybridized carbons (Fsp3) is 0.231. The van der Waals surface area contributed by atoms with Crippen molar-refractivity contribution < 1.29 is 33.6 Å². The van der Waals surface area contributed by atoms with Crippen LogP contribution >= 0.6 is 22.9 Å². The van der Waals surface area contributed by atoms with E-state index >= 15 is 0 Å². The molecule has 4 aromatic carbocycles. The molecule has 0 saturated carbocycles. The Labute approximate surface area is 302 Å². The summed E-state index contributed by atoms with van der Waals surface area (Å²) in [6, 6.07) is 20.4. The van der Waals surface area contributed by atoms with Crippen molar-refractivity contribution in [2.75, 3.05) is 20.8 Å². The largest absolute Gasteiger partial charge is 0.496 e. The van der Waals surface area contributed by atoms with Gasteiger partial charge in [-0.15, -0.1) is 0 Å². The number of carboxylic acid groups (broad SMARTS) is 1. The number of carbonyl (C=O) groups is 2. The molecule has 2 heterocycles. The fourth-order valence-electron chi connectivity index (χ4n) is 6.19. The van der Waals surface area contributed by atoms with Crippen LogP contribution in [0.4, 0.5) is 0 Å². The first-order chi connectivity index (χ1) is 24.7. The molecule has 0 saturated heterocycles. The van der Waals surface area contributed by atoms with Crippen LogP contribution in [0, 0.1) is 0 Å². The third kappa shape index (κ3) is 6.99. The first-order valence-corrected chi connectivity index (χ1v) is 17.5. The highest BCUT2D eigenvalue weighted by Crippen LogP contribution is 2.41. The molecule has 1 N–H and O–H groups in total. The molecule has 1 atom stereocenters. The number of esters is 1. The zero-order chi connectivity index (χ0) is 36.2. The smallest absolute Gasteiger partial charge is 0.338 e. The lowest BCUT2D eigenvalue weighted by Gasteiger charge is -2.28. The zero-order valence-corrected chi connectivity index (χ0v) is 30.0. The summed E-state index contributed by atoms with van der Waals surface area (Å²) in [4.78, 5) is 45.0. The number of aromatic nitrogens is 1. The predicted octanol–water partition coefficient (Wildman–Crippen LogP) is 6.68. The number of hydrogen-bond acceptors (Lipinski definition) is 9. The summed E-state index contributed by atoms with van der Waals surface area (Å²) in [6.45, 7) is 3.96. The van der Waals surface area contributed by atoms with Crippen molar-refractivity contribution in [3.05, 3.63) is 131 Å². The molecule has 1 aliphatic heterocycles. The fourth-order valence-corrected chi connectivity index (χ4v) is 7.49. The average Bonchev–Trinajstić information content (AvgIpc) is 3.43. The van der Waals surface area contributed by atoms with E-state index in [1.807, 2.05) is 43.3 Å². The lowest BCUT2D eigenvalue weighted by molar-refractivity contribution is -0.139. The summed E-state index contributed by atoms with van der Waals surface area (Å²) < 4.78 is 25.0. The number of allylic oxidation sites excluding steroid dienone is 1. The van der Waals surface area contributed by atoms with Crippen molar-refractivity contribution in [2.24, 2.45) is 4.99 Å². The van der Waals surface area contributed by atoms with E-state index in [4.69, 9.17) is 35.5 Å². The van der Waals surface area contributed by atoms with Gasteiger partial charge in [-0.05, 0) is 71.7 Å². The van der Waals surface area contributed by atoms with Gasteiger partial charge in [0.25, 0.3) is 5.56 Å². The standard InChI is InChI=1S/C39H35ClN2O8S/c1-5-10-28-33(38(46)49-6-2)34(32-26-14-8-7-12-24(26)15-16-29(32)47-3)42-36(43)31(51-39(42)41-28)20-23-18-27(40)35(30(19-23)48-4)50-21-22-11-9-13-25(17-22)37(44)45/h7-9,11-20,34H,5-6,10,21H2,1-4H3,(H,44,45)/b31-20+/t34-/m0/s1. The third-order valence-electron chi connectivity index (χ3n) is 8.42. The van der Waals surface area contributed by atoms with Crippen LogP contribution in [0.15, 0.2) is 93.9 Å². The molecule has 10 nitrogen and oxygen atoms in total. The van der Waals surface area contributed by atoms with Crippen LogP contribution < -0.4 is 29.1 Å². The lowest BCUT2D eigenvalue weighted by atomic mass is 9.90. The second-order valence-corrected chi connectivity index (χ2v) is 13.1. The molecule has 1 aromatic heterocycles. The molecule has 1 aliphatic rings. The quantitative estimate of drug-likeness (QED) is 0.141. The number of ether oxygens (including phenoxy) is 4. The van der Waals surface area contributed by atoms with Crippen LogP contribution in [-0.2, 0) is 16.1 Å². The Morgan fingerprint density at radius 3 is 2.51 bits per heavy atom. The Bertz CT molecular complexity index is 2380. The summed E-state index contributed by atoms with van der Waals surface area (Å²) in [5.74, 6) is -0.465. The van der Waals surface area contributed by atoms with E-state index in [2.05, 4.69) is 0 Å². The number of hydrogen-bond donors (Lipinski definition) is 1. The minimum atomic E-state index is -1.04. The molecule has 0 radical (unpaired) electrons. The molecule has 0 amide bonds. The van der Waals surface area contributed by atoms with E-state index < -0.39 is 18.0 Å². The normalized spacial score (nSPS) is 14.2. The SMILES string of the molecule is CCCC1=C(C(=O)OCC)[C@H](c2c(OC)ccc3ccccc23)n2c(s/c(=C/c3cc(Cl)c(OCc4cccc(C(=O)O)c4)c(OC)c3)c2=O)=N1. The number of methoxy groups -OCH3 is 2. The Balaban J connectivity index is 1.50. The van der Waals surface area contributed by atoms with Crippen molar-refractivity contribution in [3.8, 4) is 17.2 Å². The van der Waals surface area contributed by atoms with E-state index in [1.165, 1.54) is 30.6 Å². The van der Waals surface area contributed by atoms with Crippen LogP contribution in [-0.4, -0.2) is 42.4 Å². The summed E-state index contributed by atoms with van der Waals surface area (Å²) >= 11 is 7.91. The Morgan fingerprint density at radius 2 is 1.78 bits per heavy atom. The first-order valence-electron chi connectivity index (χ1n) is 16.3. The van der Waals surface area contributed by atoms with Gasteiger partial charge in [0.1, 0.15) is 18.4 Å². The highest BCUT2D eigenvalue weighted by molar-refractivity contribution is 7.07. The minimum Gasteiger partial charge on any atom is -0.496 e. The number of thiazole rings is 1. The van der Waals surface area contributed by atoms with E-state index in [-0.39, 0.29) is 35.1 Å². The van der Waals surface area contributed by atoms with Gasteiger partial charge in [0.15, 0.2) is 16.3 Å². The summed E-state index contributed by atoms with van der Waals surface area (Å²) in [5.41, 5.74) is 2.51. The van der Waals surface area contributed by atoms with Gasteiger partial charge in [-0.3, -0.25) is 9.36 Å². The van der Waals surface area contributed by atoms with Gasteiger partial charge in [0.05, 0.1) is 47.2 Å². The van der Waals surface area contributed by atoms with Crippen LogP contribution in [0.1, 0.15) is 59.8 Å². The molecule has 5 aromatic rings. The van der Waals surface area contributed by atoms with E-state index in [0.717, 1.165) is 10.8 Å². The van der Waals surface area contributed by atoms with Gasteiger partial charge in [-0.2, -0.15) is 0 Å². The van der Waals surface area contributed by atoms with Crippen LogP contribution in [0.5, 0.6) is 17.2 Å². The number of carbonyl (C=O) groups excluding carboxylic acids is 1. The monoisotopic (exact) mass is 726 g/mol. The van der Waals surface area contributed by atoms with Gasteiger partial charge in [-0.1, -0.05) is 78.7 Å². The van der Waals surface area contributed by atoms with E-state index in [1.54, 1.807) is 48.9 Å². The van der Waals surface area contributed by atoms with Gasteiger partial charge in [-0.25, -0.2) is 14.6 Å². The second kappa shape index (κ2) is 15.2. The van der Waals surface area contributed by atoms with Crippen molar-refractivity contribution in [3.63, 3.8) is 0 Å².